The van der Waals surface area contributed by atoms with E-state index in [1.54, 1.807) is 7.11 Å². The molecule has 0 amide bonds. The third-order valence-electron chi connectivity index (χ3n) is 3.49. The molecule has 0 spiro atoms. The Morgan fingerprint density at radius 1 is 1.14 bits per heavy atom. The number of rotatable bonds is 4. The summed E-state index contributed by atoms with van der Waals surface area (Å²) in [5, 5.41) is 0. The maximum atomic E-state index is 6.01. The summed E-state index contributed by atoms with van der Waals surface area (Å²) < 4.78 is 7.06. The first kappa shape index (κ1) is 13.4. The fraction of sp³-hybridized carbons (Fsp3) is 0.267. The highest BCUT2D eigenvalue weighted by Crippen LogP contribution is 2.23. The lowest BCUT2D eigenvalue weighted by Gasteiger charge is -2.07. The van der Waals surface area contributed by atoms with Crippen LogP contribution in [0.5, 0.6) is 5.88 Å². The van der Waals surface area contributed by atoms with Gasteiger partial charge in [0.05, 0.1) is 13.7 Å². The number of aryl methyl sites for hydroxylation is 1. The van der Waals surface area contributed by atoms with Crippen molar-refractivity contribution in [3.63, 3.8) is 0 Å². The van der Waals surface area contributed by atoms with Crippen molar-refractivity contribution < 1.29 is 4.74 Å². The Labute approximate surface area is 122 Å². The lowest BCUT2D eigenvalue weighted by molar-refractivity contribution is 0.401. The fourth-order valence-corrected chi connectivity index (χ4v) is 2.30. The highest BCUT2D eigenvalue weighted by atomic mass is 16.5. The zero-order chi connectivity index (χ0) is 14.8. The summed E-state index contributed by atoms with van der Waals surface area (Å²) in [6.07, 6.45) is 2.49. The van der Waals surface area contributed by atoms with E-state index in [2.05, 4.69) is 46.1 Å². The molecule has 21 heavy (non-hydrogen) atoms. The second-order valence-corrected chi connectivity index (χ2v) is 4.78. The van der Waals surface area contributed by atoms with Crippen molar-refractivity contribution in [1.29, 1.82) is 0 Å². The standard InChI is InChI=1S/C15H17N5O/c1-3-10-4-6-11(7-5-10)8-20-13-12(19-15(20)16)14(21-2)18-9-17-13/h4-7,9H,3,8H2,1-2H3,(H2,16,19). The van der Waals surface area contributed by atoms with Crippen LogP contribution in [0.1, 0.15) is 18.1 Å². The molecule has 6 heteroatoms. The molecule has 0 fully saturated rings. The maximum Gasteiger partial charge on any atom is 0.245 e. The van der Waals surface area contributed by atoms with Crippen LogP contribution < -0.4 is 10.5 Å². The number of fused-ring (bicyclic) bond motifs is 1. The zero-order valence-electron chi connectivity index (χ0n) is 12.1. The lowest BCUT2D eigenvalue weighted by Crippen LogP contribution is -2.05. The van der Waals surface area contributed by atoms with E-state index in [0.29, 0.717) is 29.5 Å². The first-order valence-electron chi connectivity index (χ1n) is 6.81. The molecule has 0 saturated heterocycles. The van der Waals surface area contributed by atoms with E-state index < -0.39 is 0 Å². The van der Waals surface area contributed by atoms with Crippen LogP contribution in [0.15, 0.2) is 30.6 Å². The smallest absolute Gasteiger partial charge is 0.245 e. The van der Waals surface area contributed by atoms with Gasteiger partial charge in [-0.05, 0) is 17.5 Å². The maximum absolute atomic E-state index is 6.01. The minimum atomic E-state index is 0.406. The second kappa shape index (κ2) is 5.40. The van der Waals surface area contributed by atoms with E-state index in [9.17, 15) is 0 Å². The lowest BCUT2D eigenvalue weighted by atomic mass is 10.1. The molecule has 2 N–H and O–H groups in total. The van der Waals surface area contributed by atoms with Gasteiger partial charge < -0.3 is 10.5 Å². The minimum Gasteiger partial charge on any atom is -0.479 e. The van der Waals surface area contributed by atoms with Crippen LogP contribution in [0, 0.1) is 0 Å². The fourth-order valence-electron chi connectivity index (χ4n) is 2.30. The van der Waals surface area contributed by atoms with Gasteiger partial charge in [-0.1, -0.05) is 31.2 Å². The zero-order valence-corrected chi connectivity index (χ0v) is 12.1. The average molecular weight is 283 g/mol. The number of aromatic nitrogens is 4. The van der Waals surface area contributed by atoms with Crippen LogP contribution in [-0.2, 0) is 13.0 Å². The van der Waals surface area contributed by atoms with Crippen LogP contribution in [-0.4, -0.2) is 26.6 Å². The molecular weight excluding hydrogens is 266 g/mol. The van der Waals surface area contributed by atoms with Gasteiger partial charge in [-0.2, -0.15) is 4.98 Å². The predicted octanol–water partition coefficient (Wildman–Crippen LogP) is 2.03. The SMILES string of the molecule is CCc1ccc(Cn2c(N)nc3c(OC)ncnc32)cc1. The number of hydrogen-bond donors (Lipinski definition) is 1. The van der Waals surface area contributed by atoms with E-state index >= 15 is 0 Å². The van der Waals surface area contributed by atoms with Gasteiger partial charge in [0.25, 0.3) is 0 Å². The minimum absolute atomic E-state index is 0.406. The highest BCUT2D eigenvalue weighted by Gasteiger charge is 2.14. The number of imidazole rings is 1. The second-order valence-electron chi connectivity index (χ2n) is 4.78. The molecule has 2 heterocycles. The Morgan fingerprint density at radius 3 is 2.52 bits per heavy atom. The largest absolute Gasteiger partial charge is 0.479 e. The molecule has 0 aliphatic rings. The molecule has 0 radical (unpaired) electrons. The number of benzene rings is 1. The van der Waals surface area contributed by atoms with Crippen LogP contribution in [0.3, 0.4) is 0 Å². The molecule has 3 aromatic rings. The van der Waals surface area contributed by atoms with Gasteiger partial charge in [-0.25, -0.2) is 9.97 Å². The summed E-state index contributed by atoms with van der Waals surface area (Å²) in [4.78, 5) is 12.6. The molecule has 0 aliphatic carbocycles. The molecule has 3 rings (SSSR count). The normalized spacial score (nSPS) is 11.0. The molecule has 0 unspecified atom stereocenters. The first-order chi connectivity index (χ1) is 10.2. The Kier molecular flexibility index (Phi) is 3.43. The van der Waals surface area contributed by atoms with E-state index in [1.165, 1.54) is 11.9 Å². The quantitative estimate of drug-likeness (QED) is 0.792. The molecular formula is C15H17N5O. The van der Waals surface area contributed by atoms with Crippen molar-refractivity contribution in [1.82, 2.24) is 19.5 Å². The summed E-state index contributed by atoms with van der Waals surface area (Å²) >= 11 is 0. The van der Waals surface area contributed by atoms with Gasteiger partial charge in [0, 0.05) is 0 Å². The van der Waals surface area contributed by atoms with E-state index in [1.807, 2.05) is 4.57 Å². The van der Waals surface area contributed by atoms with Crippen LogP contribution in [0.25, 0.3) is 11.2 Å². The monoisotopic (exact) mass is 283 g/mol. The van der Waals surface area contributed by atoms with Crippen LogP contribution in [0.2, 0.25) is 0 Å². The number of nitrogen functional groups attached to an aromatic ring is 1. The average Bonchev–Trinajstić information content (AvgIpc) is 2.84. The Bertz CT molecular complexity index is 764. The topological polar surface area (TPSA) is 78.9 Å². The number of nitrogens with two attached hydrogens (primary N) is 1. The Balaban J connectivity index is 2.01. The van der Waals surface area contributed by atoms with Crippen molar-refractivity contribution in [3.8, 4) is 5.88 Å². The number of anilines is 1. The summed E-state index contributed by atoms with van der Waals surface area (Å²) in [5.41, 5.74) is 9.73. The van der Waals surface area contributed by atoms with Crippen molar-refractivity contribution in [3.05, 3.63) is 41.7 Å². The van der Waals surface area contributed by atoms with Gasteiger partial charge in [0.1, 0.15) is 6.33 Å². The molecule has 6 nitrogen and oxygen atoms in total. The van der Waals surface area contributed by atoms with E-state index in [4.69, 9.17) is 10.5 Å². The number of methoxy groups -OCH3 is 1. The molecule has 0 saturated carbocycles. The van der Waals surface area contributed by atoms with Crippen LogP contribution >= 0.6 is 0 Å². The molecule has 0 aliphatic heterocycles. The summed E-state index contributed by atoms with van der Waals surface area (Å²) in [7, 11) is 1.56. The summed E-state index contributed by atoms with van der Waals surface area (Å²) in [6, 6.07) is 8.45. The Hall–Kier alpha value is -2.63. The van der Waals surface area contributed by atoms with E-state index in [-0.39, 0.29) is 0 Å². The number of nitrogens with zero attached hydrogens (tertiary/aromatic N) is 4. The summed E-state index contributed by atoms with van der Waals surface area (Å²) in [6.45, 7) is 2.76. The molecule has 0 atom stereocenters. The van der Waals surface area contributed by atoms with Gasteiger partial charge in [0.15, 0.2) is 11.2 Å². The van der Waals surface area contributed by atoms with Crippen molar-refractivity contribution in [2.24, 2.45) is 0 Å². The van der Waals surface area contributed by atoms with Gasteiger partial charge >= 0.3 is 0 Å². The van der Waals surface area contributed by atoms with Crippen molar-refractivity contribution >= 4 is 17.1 Å². The van der Waals surface area contributed by atoms with Crippen LogP contribution in [0.4, 0.5) is 5.95 Å². The number of hydrogen-bond acceptors (Lipinski definition) is 5. The van der Waals surface area contributed by atoms with Gasteiger partial charge in [-0.15, -0.1) is 0 Å². The molecule has 1 aromatic carbocycles. The highest BCUT2D eigenvalue weighted by molar-refractivity contribution is 5.79. The van der Waals surface area contributed by atoms with Gasteiger partial charge in [-0.3, -0.25) is 4.57 Å². The summed E-state index contributed by atoms with van der Waals surface area (Å²) in [5.74, 6) is 0.843. The molecule has 108 valence electrons. The first-order valence-corrected chi connectivity index (χ1v) is 6.81. The Morgan fingerprint density at radius 2 is 1.86 bits per heavy atom. The van der Waals surface area contributed by atoms with Crippen molar-refractivity contribution in [2.75, 3.05) is 12.8 Å². The number of ether oxygens (including phenoxy) is 1. The van der Waals surface area contributed by atoms with E-state index in [0.717, 1.165) is 12.0 Å². The molecule has 0 bridgehead atoms. The van der Waals surface area contributed by atoms with Gasteiger partial charge in [0.2, 0.25) is 11.8 Å². The van der Waals surface area contributed by atoms with Crippen molar-refractivity contribution in [2.45, 2.75) is 19.9 Å². The third-order valence-corrected chi connectivity index (χ3v) is 3.49. The predicted molar refractivity (Wildman–Crippen MR) is 81.2 cm³/mol. The third kappa shape index (κ3) is 2.40. The molecule has 2 aromatic heterocycles.